The van der Waals surface area contributed by atoms with E-state index >= 15 is 0 Å². The number of H-pyrrole nitrogens is 2. The number of rotatable bonds is 5. The smallest absolute Gasteiger partial charge is 0.311 e. The molecular formula is C13H14N4O3S. The molecule has 0 saturated carbocycles. The van der Waals surface area contributed by atoms with Gasteiger partial charge in [-0.1, -0.05) is 6.07 Å². The molecule has 2 aromatic heterocycles. The van der Waals surface area contributed by atoms with Gasteiger partial charge in [0.1, 0.15) is 0 Å². The molecular weight excluding hydrogens is 292 g/mol. The Bertz CT molecular complexity index is 758. The van der Waals surface area contributed by atoms with Crippen molar-refractivity contribution in [1.82, 2.24) is 15.4 Å². The lowest BCUT2D eigenvalue weighted by molar-refractivity contribution is -0.121. The topological polar surface area (TPSA) is 107 Å². The number of aromatic nitrogens is 2. The van der Waals surface area contributed by atoms with Crippen LogP contribution < -0.4 is 16.7 Å². The molecule has 7 nitrogen and oxygen atoms in total. The van der Waals surface area contributed by atoms with Crippen molar-refractivity contribution >= 4 is 23.5 Å². The summed E-state index contributed by atoms with van der Waals surface area (Å²) in [6, 6.07) is 3.77. The number of carbonyl (C=O) groups excluding carboxylic acids is 1. The molecule has 0 bridgehead atoms. The first-order chi connectivity index (χ1) is 10.1. The number of hydrogen-bond acceptors (Lipinski definition) is 5. The minimum Gasteiger partial charge on any atom is -0.311 e. The summed E-state index contributed by atoms with van der Waals surface area (Å²) in [6.45, 7) is 1.62. The van der Waals surface area contributed by atoms with Crippen LogP contribution in [0, 0.1) is 6.92 Å². The van der Waals surface area contributed by atoms with Crippen molar-refractivity contribution in [2.45, 2.75) is 19.8 Å². The van der Waals surface area contributed by atoms with Gasteiger partial charge in [0.05, 0.1) is 6.21 Å². The van der Waals surface area contributed by atoms with Gasteiger partial charge in [-0.15, -0.1) is 11.3 Å². The molecule has 0 spiro atoms. The molecule has 2 heterocycles. The van der Waals surface area contributed by atoms with Crippen LogP contribution in [0.15, 0.2) is 32.2 Å². The molecule has 2 rings (SSSR count). The number of aromatic amines is 2. The first kappa shape index (κ1) is 14.9. The molecule has 0 aliphatic rings. The molecule has 0 aliphatic heterocycles. The SMILES string of the molecule is Cc1[nH]c(=O)[nH]c(=O)c1CCC(=O)N/N=C/c1cccs1. The number of aryl methyl sites for hydroxylation is 1. The predicted molar refractivity (Wildman–Crippen MR) is 80.8 cm³/mol. The van der Waals surface area contributed by atoms with E-state index < -0.39 is 11.2 Å². The number of hydrazone groups is 1. The molecule has 0 fully saturated rings. The summed E-state index contributed by atoms with van der Waals surface area (Å²) in [4.78, 5) is 39.8. The maximum Gasteiger partial charge on any atom is 0.325 e. The molecule has 110 valence electrons. The van der Waals surface area contributed by atoms with Gasteiger partial charge in [0.2, 0.25) is 5.91 Å². The van der Waals surface area contributed by atoms with Crippen LogP contribution in [0.3, 0.4) is 0 Å². The highest BCUT2D eigenvalue weighted by Gasteiger charge is 2.08. The lowest BCUT2D eigenvalue weighted by atomic mass is 10.1. The standard InChI is InChI=1S/C13H14N4O3S/c1-8-10(12(19)16-13(20)15-8)4-5-11(18)17-14-7-9-3-2-6-21-9/h2-3,6-7H,4-5H2,1H3,(H,17,18)(H2,15,16,19,20)/b14-7+. The normalized spacial score (nSPS) is 10.9. The highest BCUT2D eigenvalue weighted by atomic mass is 32.1. The minimum absolute atomic E-state index is 0.109. The lowest BCUT2D eigenvalue weighted by Gasteiger charge is -2.03. The fraction of sp³-hybridized carbons (Fsp3) is 0.231. The second-order valence-corrected chi connectivity index (χ2v) is 5.30. The molecule has 0 unspecified atom stereocenters. The maximum absolute atomic E-state index is 11.6. The van der Waals surface area contributed by atoms with Gasteiger partial charge >= 0.3 is 5.69 Å². The summed E-state index contributed by atoms with van der Waals surface area (Å²) in [5.41, 5.74) is 2.24. The second-order valence-electron chi connectivity index (χ2n) is 4.32. The van der Waals surface area contributed by atoms with E-state index in [1.807, 2.05) is 17.5 Å². The molecule has 0 aliphatic carbocycles. The first-order valence-corrected chi connectivity index (χ1v) is 7.11. The molecule has 0 radical (unpaired) electrons. The van der Waals surface area contributed by atoms with E-state index in [2.05, 4.69) is 20.5 Å². The number of nitrogens with zero attached hydrogens (tertiary/aromatic N) is 1. The third kappa shape index (κ3) is 4.25. The Hall–Kier alpha value is -2.48. The van der Waals surface area contributed by atoms with E-state index in [0.29, 0.717) is 11.3 Å². The molecule has 0 atom stereocenters. The summed E-state index contributed by atoms with van der Waals surface area (Å²) in [6.07, 6.45) is 1.90. The van der Waals surface area contributed by atoms with Crippen LogP contribution in [0.25, 0.3) is 0 Å². The summed E-state index contributed by atoms with van der Waals surface area (Å²) in [5.74, 6) is -0.298. The summed E-state index contributed by atoms with van der Waals surface area (Å²) < 4.78 is 0. The zero-order valence-electron chi connectivity index (χ0n) is 11.3. The fourth-order valence-corrected chi connectivity index (χ4v) is 2.34. The summed E-state index contributed by atoms with van der Waals surface area (Å²) in [7, 11) is 0. The van der Waals surface area contributed by atoms with Crippen LogP contribution in [0.5, 0.6) is 0 Å². The zero-order valence-corrected chi connectivity index (χ0v) is 12.1. The van der Waals surface area contributed by atoms with E-state index in [-0.39, 0.29) is 18.7 Å². The highest BCUT2D eigenvalue weighted by Crippen LogP contribution is 2.04. The maximum atomic E-state index is 11.6. The molecule has 0 aromatic carbocycles. The van der Waals surface area contributed by atoms with Crippen molar-refractivity contribution in [3.63, 3.8) is 0 Å². The minimum atomic E-state index is -0.550. The third-order valence-electron chi connectivity index (χ3n) is 2.78. The average Bonchev–Trinajstić information content (AvgIpc) is 2.90. The van der Waals surface area contributed by atoms with Crippen LogP contribution in [0.2, 0.25) is 0 Å². The first-order valence-electron chi connectivity index (χ1n) is 6.24. The predicted octanol–water partition coefficient (Wildman–Crippen LogP) is 0.516. The van der Waals surface area contributed by atoms with Crippen LogP contribution in [0.1, 0.15) is 22.6 Å². The average molecular weight is 306 g/mol. The second kappa shape index (κ2) is 6.80. The van der Waals surface area contributed by atoms with Crippen molar-refractivity contribution in [2.24, 2.45) is 5.10 Å². The van der Waals surface area contributed by atoms with Crippen LogP contribution in [-0.2, 0) is 11.2 Å². The van der Waals surface area contributed by atoms with Gasteiger partial charge in [-0.05, 0) is 24.8 Å². The van der Waals surface area contributed by atoms with E-state index in [1.165, 1.54) is 11.3 Å². The Balaban J connectivity index is 1.90. The van der Waals surface area contributed by atoms with E-state index in [9.17, 15) is 14.4 Å². The molecule has 2 aromatic rings. The van der Waals surface area contributed by atoms with Gasteiger partial charge in [-0.3, -0.25) is 14.6 Å². The van der Waals surface area contributed by atoms with Gasteiger partial charge in [0.15, 0.2) is 0 Å². The van der Waals surface area contributed by atoms with Crippen LogP contribution in [0.4, 0.5) is 0 Å². The van der Waals surface area contributed by atoms with Crippen molar-refractivity contribution in [1.29, 1.82) is 0 Å². The molecule has 0 saturated heterocycles. The van der Waals surface area contributed by atoms with E-state index in [0.717, 1.165) is 4.88 Å². The summed E-state index contributed by atoms with van der Waals surface area (Å²) in [5, 5.41) is 5.74. The Labute approximate surface area is 123 Å². The number of nitrogens with one attached hydrogen (secondary N) is 3. The monoisotopic (exact) mass is 306 g/mol. The number of hydrogen-bond donors (Lipinski definition) is 3. The Morgan fingerprint density at radius 3 is 2.90 bits per heavy atom. The van der Waals surface area contributed by atoms with Gasteiger partial charge in [-0.2, -0.15) is 5.10 Å². The van der Waals surface area contributed by atoms with Gasteiger partial charge < -0.3 is 4.98 Å². The Kier molecular flexibility index (Phi) is 4.83. The molecule has 1 amide bonds. The largest absolute Gasteiger partial charge is 0.325 e. The molecule has 3 N–H and O–H groups in total. The van der Waals surface area contributed by atoms with Crippen LogP contribution in [-0.4, -0.2) is 22.1 Å². The van der Waals surface area contributed by atoms with Crippen molar-refractivity contribution in [3.05, 3.63) is 54.5 Å². The van der Waals surface area contributed by atoms with Gasteiger partial charge in [0.25, 0.3) is 5.56 Å². The molecule has 8 heteroatoms. The number of thiophene rings is 1. The Morgan fingerprint density at radius 2 is 2.24 bits per heavy atom. The third-order valence-corrected chi connectivity index (χ3v) is 3.59. The lowest BCUT2D eigenvalue weighted by Crippen LogP contribution is -2.28. The van der Waals surface area contributed by atoms with Crippen molar-refractivity contribution in [3.8, 4) is 0 Å². The highest BCUT2D eigenvalue weighted by molar-refractivity contribution is 7.11. The van der Waals surface area contributed by atoms with E-state index in [1.54, 1.807) is 13.1 Å². The molecule has 21 heavy (non-hydrogen) atoms. The van der Waals surface area contributed by atoms with Gasteiger partial charge in [-0.25, -0.2) is 10.2 Å². The number of amides is 1. The fourth-order valence-electron chi connectivity index (χ4n) is 1.75. The summed E-state index contributed by atoms with van der Waals surface area (Å²) >= 11 is 1.51. The Morgan fingerprint density at radius 1 is 1.43 bits per heavy atom. The van der Waals surface area contributed by atoms with Crippen LogP contribution >= 0.6 is 11.3 Å². The van der Waals surface area contributed by atoms with Crippen molar-refractivity contribution < 1.29 is 4.79 Å². The quantitative estimate of drug-likeness (QED) is 0.553. The van der Waals surface area contributed by atoms with Crippen molar-refractivity contribution in [2.75, 3.05) is 0 Å². The zero-order chi connectivity index (χ0) is 15.2. The van der Waals surface area contributed by atoms with E-state index in [4.69, 9.17) is 0 Å². The van der Waals surface area contributed by atoms with Gasteiger partial charge in [0, 0.05) is 22.6 Å². The number of carbonyl (C=O) groups is 1.